The van der Waals surface area contributed by atoms with Gasteiger partial charge in [-0.05, 0) is 25.0 Å². The Hall–Kier alpha value is -0.440. The Labute approximate surface area is 123 Å². The topological polar surface area (TPSA) is 24.4 Å². The van der Waals surface area contributed by atoms with Crippen LogP contribution in [0.1, 0.15) is 39.5 Å². The van der Waals surface area contributed by atoms with E-state index in [1.165, 1.54) is 0 Å². The molecule has 18 heavy (non-hydrogen) atoms. The van der Waals surface area contributed by atoms with Crippen molar-refractivity contribution < 1.29 is 0 Å². The van der Waals surface area contributed by atoms with Crippen LogP contribution in [0.5, 0.6) is 0 Å². The lowest BCUT2D eigenvalue weighted by atomic mass is 10.1. The Balaban J connectivity index is 2.86. The van der Waals surface area contributed by atoms with Crippen molar-refractivity contribution in [3.63, 3.8) is 0 Å². The number of rotatable bonds is 6. The van der Waals surface area contributed by atoms with Gasteiger partial charge in [0.05, 0.1) is 15.7 Å². The summed E-state index contributed by atoms with van der Waals surface area (Å²) < 4.78 is 0. The largest absolute Gasteiger partial charge is 0.276 e. The molecule has 0 fully saturated rings. The first-order valence-corrected chi connectivity index (χ1v) is 7.17. The fourth-order valence-corrected chi connectivity index (χ4v) is 2.50. The maximum Gasteiger partial charge on any atom is 0.0935 e. The van der Waals surface area contributed by atoms with Crippen molar-refractivity contribution in [1.82, 2.24) is 0 Å². The van der Waals surface area contributed by atoms with Crippen LogP contribution in [0.25, 0.3) is 0 Å². The van der Waals surface area contributed by atoms with E-state index in [1.807, 2.05) is 0 Å². The van der Waals surface area contributed by atoms with Crippen LogP contribution in [-0.4, -0.2) is 5.71 Å². The number of hydrazone groups is 1. The first kappa shape index (κ1) is 15.6. The average Bonchev–Trinajstić information content (AvgIpc) is 2.28. The molecule has 0 aromatic heterocycles. The van der Waals surface area contributed by atoms with Crippen LogP contribution < -0.4 is 5.43 Å². The third-order valence-electron chi connectivity index (χ3n) is 2.41. The fourth-order valence-electron chi connectivity index (χ4n) is 1.60. The maximum atomic E-state index is 6.07. The van der Waals surface area contributed by atoms with E-state index in [9.17, 15) is 0 Å². The highest BCUT2D eigenvalue weighted by Gasteiger charge is 2.07. The summed E-state index contributed by atoms with van der Waals surface area (Å²) in [6, 6.07) is 3.29. The number of anilines is 1. The molecule has 1 aromatic rings. The minimum atomic E-state index is 0.476. The second-order valence-electron chi connectivity index (χ2n) is 4.03. The number of hydrogen-bond acceptors (Lipinski definition) is 2. The zero-order valence-corrected chi connectivity index (χ0v) is 12.8. The van der Waals surface area contributed by atoms with Gasteiger partial charge in [0.15, 0.2) is 0 Å². The van der Waals surface area contributed by atoms with Crippen molar-refractivity contribution in [2.24, 2.45) is 5.10 Å². The van der Waals surface area contributed by atoms with Gasteiger partial charge in [-0.15, -0.1) is 0 Å². The lowest BCUT2D eigenvalue weighted by Gasteiger charge is -2.09. The lowest BCUT2D eigenvalue weighted by Crippen LogP contribution is -2.02. The number of halogens is 3. The molecule has 0 aliphatic rings. The Bertz CT molecular complexity index is 399. The van der Waals surface area contributed by atoms with Gasteiger partial charge in [0.25, 0.3) is 0 Å². The molecule has 0 amide bonds. The van der Waals surface area contributed by atoms with Gasteiger partial charge in [-0.1, -0.05) is 61.5 Å². The first-order chi connectivity index (χ1) is 8.58. The van der Waals surface area contributed by atoms with Gasteiger partial charge in [-0.3, -0.25) is 5.43 Å². The summed E-state index contributed by atoms with van der Waals surface area (Å²) >= 11 is 18.0. The summed E-state index contributed by atoms with van der Waals surface area (Å²) in [5.41, 5.74) is 4.67. The Morgan fingerprint density at radius 2 is 1.56 bits per heavy atom. The first-order valence-electron chi connectivity index (χ1n) is 6.04. The summed E-state index contributed by atoms with van der Waals surface area (Å²) in [4.78, 5) is 0. The molecule has 0 unspecified atom stereocenters. The van der Waals surface area contributed by atoms with Gasteiger partial charge in [0.1, 0.15) is 0 Å². The zero-order valence-electron chi connectivity index (χ0n) is 10.6. The second kappa shape index (κ2) is 7.88. The lowest BCUT2D eigenvalue weighted by molar-refractivity contribution is 0.909. The van der Waals surface area contributed by atoms with Crippen LogP contribution in [-0.2, 0) is 0 Å². The minimum Gasteiger partial charge on any atom is -0.276 e. The van der Waals surface area contributed by atoms with E-state index in [0.29, 0.717) is 20.8 Å². The van der Waals surface area contributed by atoms with E-state index in [4.69, 9.17) is 34.8 Å². The van der Waals surface area contributed by atoms with Gasteiger partial charge in [0, 0.05) is 10.7 Å². The molecule has 0 spiro atoms. The summed E-state index contributed by atoms with van der Waals surface area (Å²) in [6.45, 7) is 4.26. The van der Waals surface area contributed by atoms with Crippen molar-refractivity contribution in [2.45, 2.75) is 39.5 Å². The molecule has 100 valence electrons. The molecular formula is C13H17Cl3N2. The summed E-state index contributed by atoms with van der Waals surface area (Å²) in [7, 11) is 0. The second-order valence-corrected chi connectivity index (χ2v) is 5.29. The van der Waals surface area contributed by atoms with E-state index in [0.717, 1.165) is 31.4 Å². The van der Waals surface area contributed by atoms with Gasteiger partial charge < -0.3 is 0 Å². The maximum absolute atomic E-state index is 6.07. The summed E-state index contributed by atoms with van der Waals surface area (Å²) in [5.74, 6) is 0. The minimum absolute atomic E-state index is 0.476. The van der Waals surface area contributed by atoms with Crippen LogP contribution in [0.2, 0.25) is 15.1 Å². The van der Waals surface area contributed by atoms with Crippen LogP contribution in [0.15, 0.2) is 17.2 Å². The number of benzene rings is 1. The molecule has 1 aromatic carbocycles. The van der Waals surface area contributed by atoms with E-state index < -0.39 is 0 Å². The summed E-state index contributed by atoms with van der Waals surface area (Å²) in [5, 5.41) is 5.85. The molecule has 0 aliphatic heterocycles. The SMILES string of the molecule is CCCC(CCC)=NNc1c(Cl)cc(Cl)cc1Cl. The van der Waals surface area contributed by atoms with Gasteiger partial charge >= 0.3 is 0 Å². The Morgan fingerprint density at radius 1 is 1.06 bits per heavy atom. The monoisotopic (exact) mass is 306 g/mol. The van der Waals surface area contributed by atoms with Crippen LogP contribution in [0, 0.1) is 0 Å². The predicted octanol–water partition coefficient (Wildman–Crippen LogP) is 6.01. The molecule has 0 saturated carbocycles. The molecular weight excluding hydrogens is 291 g/mol. The predicted molar refractivity (Wildman–Crippen MR) is 82.3 cm³/mol. The highest BCUT2D eigenvalue weighted by atomic mass is 35.5. The molecule has 0 bridgehead atoms. The highest BCUT2D eigenvalue weighted by Crippen LogP contribution is 2.33. The molecule has 0 atom stereocenters. The van der Waals surface area contributed by atoms with Crippen molar-refractivity contribution in [3.8, 4) is 0 Å². The molecule has 1 N–H and O–H groups in total. The molecule has 0 radical (unpaired) electrons. The molecule has 2 nitrogen and oxygen atoms in total. The smallest absolute Gasteiger partial charge is 0.0935 e. The van der Waals surface area contributed by atoms with Crippen LogP contribution in [0.4, 0.5) is 5.69 Å². The van der Waals surface area contributed by atoms with Crippen molar-refractivity contribution in [2.75, 3.05) is 5.43 Å². The standard InChI is InChI=1S/C13H17Cl3N2/c1-3-5-10(6-4-2)17-18-13-11(15)7-9(14)8-12(13)16/h7-8,18H,3-6H2,1-2H3. The fraction of sp³-hybridized carbons (Fsp3) is 0.462. The molecule has 0 aliphatic carbocycles. The van der Waals surface area contributed by atoms with Crippen LogP contribution >= 0.6 is 34.8 Å². The van der Waals surface area contributed by atoms with E-state index in [2.05, 4.69) is 24.4 Å². The van der Waals surface area contributed by atoms with Crippen LogP contribution in [0.3, 0.4) is 0 Å². The van der Waals surface area contributed by atoms with Gasteiger partial charge in [-0.25, -0.2) is 0 Å². The van der Waals surface area contributed by atoms with E-state index in [1.54, 1.807) is 12.1 Å². The molecule has 5 heteroatoms. The Kier molecular flexibility index (Phi) is 6.83. The Morgan fingerprint density at radius 3 is 2.00 bits per heavy atom. The van der Waals surface area contributed by atoms with Gasteiger partial charge in [0.2, 0.25) is 0 Å². The third kappa shape index (κ3) is 4.68. The highest BCUT2D eigenvalue weighted by molar-refractivity contribution is 6.41. The van der Waals surface area contributed by atoms with Crippen molar-refractivity contribution in [3.05, 3.63) is 27.2 Å². The van der Waals surface area contributed by atoms with Crippen molar-refractivity contribution >= 4 is 46.2 Å². The van der Waals surface area contributed by atoms with Crippen molar-refractivity contribution in [1.29, 1.82) is 0 Å². The number of nitrogens with zero attached hydrogens (tertiary/aromatic N) is 1. The zero-order chi connectivity index (χ0) is 13.5. The number of nitrogens with one attached hydrogen (secondary N) is 1. The molecule has 0 saturated heterocycles. The third-order valence-corrected chi connectivity index (χ3v) is 3.22. The molecule has 0 heterocycles. The average molecular weight is 308 g/mol. The van der Waals surface area contributed by atoms with E-state index >= 15 is 0 Å². The quantitative estimate of drug-likeness (QED) is 0.504. The van der Waals surface area contributed by atoms with E-state index in [-0.39, 0.29) is 0 Å². The number of hydrogen-bond donors (Lipinski definition) is 1. The van der Waals surface area contributed by atoms with Gasteiger partial charge in [-0.2, -0.15) is 5.10 Å². The summed E-state index contributed by atoms with van der Waals surface area (Å²) in [6.07, 6.45) is 4.10. The molecule has 1 rings (SSSR count). The normalized spacial score (nSPS) is 10.3.